The maximum absolute atomic E-state index is 5.72. The van der Waals surface area contributed by atoms with Gasteiger partial charge in [-0.1, -0.05) is 18.2 Å². The molecule has 5 nitrogen and oxygen atoms in total. The minimum Gasteiger partial charge on any atom is -0.497 e. The third-order valence-corrected chi connectivity index (χ3v) is 7.29. The van der Waals surface area contributed by atoms with Crippen molar-refractivity contribution < 1.29 is 14.2 Å². The minimum absolute atomic E-state index is 0.510. The molecule has 5 rings (SSSR count). The van der Waals surface area contributed by atoms with Crippen LogP contribution < -0.4 is 24.4 Å². The van der Waals surface area contributed by atoms with Crippen molar-refractivity contribution in [3.63, 3.8) is 0 Å². The summed E-state index contributed by atoms with van der Waals surface area (Å²) in [5.41, 5.74) is 6.21. The Hall–Kier alpha value is -3.18. The van der Waals surface area contributed by atoms with Crippen LogP contribution in [0.5, 0.6) is 17.2 Å². The van der Waals surface area contributed by atoms with E-state index >= 15 is 0 Å². The predicted octanol–water partition coefficient (Wildman–Crippen LogP) is 6.02. The van der Waals surface area contributed by atoms with E-state index in [0.717, 1.165) is 49.7 Å². The second-order valence-corrected chi connectivity index (χ2v) is 9.58. The minimum atomic E-state index is 0.510. The van der Waals surface area contributed by atoms with Gasteiger partial charge < -0.3 is 24.4 Å². The highest BCUT2D eigenvalue weighted by atomic mass is 16.5. The molecule has 3 aromatic rings. The van der Waals surface area contributed by atoms with Crippen LogP contribution in [0.25, 0.3) is 11.1 Å². The van der Waals surface area contributed by atoms with Crippen molar-refractivity contribution in [2.75, 3.05) is 39.3 Å². The van der Waals surface area contributed by atoms with Crippen LogP contribution >= 0.6 is 0 Å². The molecule has 184 valence electrons. The van der Waals surface area contributed by atoms with Crippen LogP contribution in [0.2, 0.25) is 0 Å². The van der Waals surface area contributed by atoms with Gasteiger partial charge in [-0.2, -0.15) is 0 Å². The Morgan fingerprint density at radius 3 is 2.23 bits per heavy atom. The van der Waals surface area contributed by atoms with E-state index in [-0.39, 0.29) is 0 Å². The molecule has 2 fully saturated rings. The monoisotopic (exact) mass is 472 g/mol. The molecule has 0 radical (unpaired) electrons. The molecule has 5 heteroatoms. The van der Waals surface area contributed by atoms with E-state index in [1.54, 1.807) is 21.3 Å². The van der Waals surface area contributed by atoms with E-state index < -0.39 is 0 Å². The van der Waals surface area contributed by atoms with Gasteiger partial charge in [0.1, 0.15) is 5.75 Å². The van der Waals surface area contributed by atoms with E-state index in [1.807, 2.05) is 0 Å². The van der Waals surface area contributed by atoms with Crippen molar-refractivity contribution in [1.29, 1.82) is 0 Å². The third kappa shape index (κ3) is 5.25. The van der Waals surface area contributed by atoms with Crippen molar-refractivity contribution in [3.05, 3.63) is 71.8 Å². The van der Waals surface area contributed by atoms with Crippen molar-refractivity contribution in [2.45, 2.75) is 44.2 Å². The first kappa shape index (κ1) is 23.6. The van der Waals surface area contributed by atoms with E-state index in [4.69, 9.17) is 14.2 Å². The van der Waals surface area contributed by atoms with Crippen LogP contribution in [-0.4, -0.2) is 40.5 Å². The Bertz CT molecular complexity index is 1130. The number of nitrogens with one attached hydrogen (secondary N) is 1. The molecule has 0 bridgehead atoms. The van der Waals surface area contributed by atoms with Gasteiger partial charge in [0, 0.05) is 23.8 Å². The molecule has 1 saturated heterocycles. The average molecular weight is 473 g/mol. The first-order valence-corrected chi connectivity index (χ1v) is 12.7. The molecule has 0 amide bonds. The Kier molecular flexibility index (Phi) is 7.14. The molecule has 2 aliphatic rings. The van der Waals surface area contributed by atoms with E-state index in [9.17, 15) is 0 Å². The van der Waals surface area contributed by atoms with Gasteiger partial charge in [0.25, 0.3) is 0 Å². The van der Waals surface area contributed by atoms with Gasteiger partial charge in [0.15, 0.2) is 11.5 Å². The first-order chi connectivity index (χ1) is 17.2. The van der Waals surface area contributed by atoms with Crippen molar-refractivity contribution in [2.24, 2.45) is 0 Å². The van der Waals surface area contributed by atoms with Crippen molar-refractivity contribution >= 4 is 5.69 Å². The Morgan fingerprint density at radius 2 is 1.57 bits per heavy atom. The summed E-state index contributed by atoms with van der Waals surface area (Å²) < 4.78 is 16.8. The van der Waals surface area contributed by atoms with Crippen LogP contribution in [-0.2, 0) is 6.54 Å². The van der Waals surface area contributed by atoms with Gasteiger partial charge in [-0.05, 0) is 104 Å². The first-order valence-electron chi connectivity index (χ1n) is 12.7. The fourth-order valence-corrected chi connectivity index (χ4v) is 5.23. The van der Waals surface area contributed by atoms with Crippen LogP contribution in [0.4, 0.5) is 5.69 Å². The SMILES string of the molecule is COc1ccc(N(Cc2cccc(-c3cc(OC)c(OC)c(C4CC4)c3)c2)C2CCNCC2)cc1. The molecule has 1 N–H and O–H groups in total. The lowest BCUT2D eigenvalue weighted by Crippen LogP contribution is -2.43. The van der Waals surface area contributed by atoms with Crippen LogP contribution in [0.15, 0.2) is 60.7 Å². The van der Waals surface area contributed by atoms with Gasteiger partial charge in [-0.3, -0.25) is 0 Å². The predicted molar refractivity (Wildman–Crippen MR) is 142 cm³/mol. The standard InChI is InChI=1S/C30H36N2O3/c1-33-27-11-9-25(10-12-27)32(26-13-15-31-16-14-26)20-21-5-4-6-23(17-21)24-18-28(22-7-8-22)30(35-3)29(19-24)34-2/h4-6,9-12,17-19,22,26,31H,7-8,13-16,20H2,1-3H3. The van der Waals surface area contributed by atoms with E-state index in [2.05, 4.69) is 70.9 Å². The van der Waals surface area contributed by atoms with Crippen LogP contribution in [0.3, 0.4) is 0 Å². The molecule has 35 heavy (non-hydrogen) atoms. The molecule has 1 saturated carbocycles. The number of piperidine rings is 1. The van der Waals surface area contributed by atoms with E-state index in [1.165, 1.54) is 40.8 Å². The molecular formula is C30H36N2O3. The second kappa shape index (κ2) is 10.6. The zero-order valence-electron chi connectivity index (χ0n) is 21.0. The number of methoxy groups -OCH3 is 3. The fourth-order valence-electron chi connectivity index (χ4n) is 5.23. The molecule has 3 aromatic carbocycles. The highest BCUT2D eigenvalue weighted by Gasteiger charge is 2.29. The topological polar surface area (TPSA) is 43.0 Å². The third-order valence-electron chi connectivity index (χ3n) is 7.29. The Labute approximate surface area is 209 Å². The van der Waals surface area contributed by atoms with E-state index in [0.29, 0.717) is 12.0 Å². The lowest BCUT2D eigenvalue weighted by Gasteiger charge is -2.36. The zero-order valence-corrected chi connectivity index (χ0v) is 21.0. The van der Waals surface area contributed by atoms with Gasteiger partial charge in [0.05, 0.1) is 21.3 Å². The molecule has 0 atom stereocenters. The number of nitrogens with zero attached hydrogens (tertiary/aromatic N) is 1. The lowest BCUT2D eigenvalue weighted by molar-refractivity contribution is 0.352. The summed E-state index contributed by atoms with van der Waals surface area (Å²) in [6.45, 7) is 2.99. The Morgan fingerprint density at radius 1 is 0.800 bits per heavy atom. The summed E-state index contributed by atoms with van der Waals surface area (Å²) in [5.74, 6) is 3.16. The Balaban J connectivity index is 1.46. The highest BCUT2D eigenvalue weighted by molar-refractivity contribution is 5.70. The molecule has 1 aliphatic carbocycles. The van der Waals surface area contributed by atoms with Gasteiger partial charge in [0.2, 0.25) is 0 Å². The number of hydrogen-bond donors (Lipinski definition) is 1. The molecule has 1 aliphatic heterocycles. The number of rotatable bonds is 9. The summed E-state index contributed by atoms with van der Waals surface area (Å²) in [7, 11) is 5.17. The molecular weight excluding hydrogens is 436 g/mol. The summed E-state index contributed by atoms with van der Waals surface area (Å²) in [5, 5.41) is 3.50. The zero-order chi connectivity index (χ0) is 24.2. The quantitative estimate of drug-likeness (QED) is 0.413. The number of ether oxygens (including phenoxy) is 3. The van der Waals surface area contributed by atoms with Gasteiger partial charge in [-0.25, -0.2) is 0 Å². The van der Waals surface area contributed by atoms with Crippen molar-refractivity contribution in [1.82, 2.24) is 5.32 Å². The summed E-state index contributed by atoms with van der Waals surface area (Å²) >= 11 is 0. The average Bonchev–Trinajstić information content (AvgIpc) is 3.77. The summed E-state index contributed by atoms with van der Waals surface area (Å²) in [6, 6.07) is 22.3. The number of benzene rings is 3. The van der Waals surface area contributed by atoms with Gasteiger partial charge >= 0.3 is 0 Å². The summed E-state index contributed by atoms with van der Waals surface area (Å²) in [4.78, 5) is 2.56. The fraction of sp³-hybridized carbons (Fsp3) is 0.400. The van der Waals surface area contributed by atoms with Crippen molar-refractivity contribution in [3.8, 4) is 28.4 Å². The lowest BCUT2D eigenvalue weighted by atomic mass is 9.97. The van der Waals surface area contributed by atoms with Crippen LogP contribution in [0, 0.1) is 0 Å². The smallest absolute Gasteiger partial charge is 0.164 e. The maximum Gasteiger partial charge on any atom is 0.164 e. The molecule has 0 unspecified atom stereocenters. The largest absolute Gasteiger partial charge is 0.497 e. The summed E-state index contributed by atoms with van der Waals surface area (Å²) in [6.07, 6.45) is 4.73. The highest BCUT2D eigenvalue weighted by Crippen LogP contribution is 2.49. The second-order valence-electron chi connectivity index (χ2n) is 9.58. The normalized spacial score (nSPS) is 16.1. The molecule has 0 spiro atoms. The maximum atomic E-state index is 5.72. The van der Waals surface area contributed by atoms with Crippen LogP contribution in [0.1, 0.15) is 42.7 Å². The molecule has 0 aromatic heterocycles. The molecule has 1 heterocycles. The van der Waals surface area contributed by atoms with Gasteiger partial charge in [-0.15, -0.1) is 0 Å². The number of anilines is 1. The number of hydrogen-bond acceptors (Lipinski definition) is 5.